The summed E-state index contributed by atoms with van der Waals surface area (Å²) in [6.07, 6.45) is 0.654. The van der Waals surface area contributed by atoms with Gasteiger partial charge in [-0.25, -0.2) is 18.2 Å². The van der Waals surface area contributed by atoms with Gasteiger partial charge in [0.1, 0.15) is 23.7 Å². The predicted molar refractivity (Wildman–Crippen MR) is 153 cm³/mol. The second-order valence-corrected chi connectivity index (χ2v) is 11.0. The van der Waals surface area contributed by atoms with Crippen LogP contribution in [0.25, 0.3) is 0 Å². The van der Waals surface area contributed by atoms with E-state index in [4.69, 9.17) is 11.6 Å². The summed E-state index contributed by atoms with van der Waals surface area (Å²) in [5, 5.41) is 12.1. The monoisotopic (exact) mass is 609 g/mol. The summed E-state index contributed by atoms with van der Waals surface area (Å²) in [6.45, 7) is 1.80. The zero-order valence-electron chi connectivity index (χ0n) is 23.1. The number of nitrogens with zero attached hydrogens (tertiary/aromatic N) is 4. The number of aromatic nitrogens is 1. The van der Waals surface area contributed by atoms with E-state index in [1.54, 1.807) is 25.1 Å². The Kier molecular flexibility index (Phi) is 8.42. The van der Waals surface area contributed by atoms with E-state index in [1.807, 2.05) is 6.07 Å². The molecule has 1 aliphatic carbocycles. The Morgan fingerprint density at radius 3 is 2.63 bits per heavy atom. The Labute approximate surface area is 251 Å². The van der Waals surface area contributed by atoms with Crippen LogP contribution in [0.2, 0.25) is 5.02 Å². The maximum atomic E-state index is 15.0. The van der Waals surface area contributed by atoms with Gasteiger partial charge in [0.15, 0.2) is 0 Å². The molecule has 1 saturated heterocycles. The molecule has 2 aliphatic rings. The molecule has 1 aromatic heterocycles. The van der Waals surface area contributed by atoms with Crippen molar-refractivity contribution >= 4 is 40.8 Å². The molecule has 1 saturated carbocycles. The number of hydrogen-bond donors (Lipinski definition) is 1. The van der Waals surface area contributed by atoms with Crippen LogP contribution >= 0.6 is 11.6 Å². The smallest absolute Gasteiger partial charge is 0.252 e. The molecule has 3 amide bonds. The number of aryl methyl sites for hydroxylation is 1. The molecule has 1 unspecified atom stereocenters. The average molecular weight is 610 g/mol. The van der Waals surface area contributed by atoms with E-state index in [0.29, 0.717) is 12.0 Å². The zero-order valence-corrected chi connectivity index (χ0v) is 23.8. The lowest BCUT2D eigenvalue weighted by molar-refractivity contribution is -0.133. The summed E-state index contributed by atoms with van der Waals surface area (Å²) in [7, 11) is 0. The Morgan fingerprint density at radius 2 is 1.95 bits per heavy atom. The molecular formula is C31H27ClF3N5O3. The van der Waals surface area contributed by atoms with Crippen molar-refractivity contribution in [3.8, 4) is 6.07 Å². The quantitative estimate of drug-likeness (QED) is 0.363. The van der Waals surface area contributed by atoms with Crippen LogP contribution in [0.15, 0.2) is 60.8 Å². The number of anilines is 2. The van der Waals surface area contributed by atoms with Crippen LogP contribution in [0, 0.1) is 17.1 Å². The molecule has 2 heterocycles. The van der Waals surface area contributed by atoms with Gasteiger partial charge in [-0.15, -0.1) is 0 Å². The number of amides is 3. The van der Waals surface area contributed by atoms with Crippen LogP contribution < -0.4 is 15.1 Å². The molecule has 3 aromatic rings. The van der Waals surface area contributed by atoms with Crippen LogP contribution in [-0.4, -0.2) is 40.7 Å². The third kappa shape index (κ3) is 6.20. The van der Waals surface area contributed by atoms with Crippen molar-refractivity contribution in [3.63, 3.8) is 0 Å². The largest absolute Gasteiger partial charge is 0.351 e. The second kappa shape index (κ2) is 12.1. The minimum atomic E-state index is -2.92. The van der Waals surface area contributed by atoms with Gasteiger partial charge in [-0.2, -0.15) is 5.26 Å². The van der Waals surface area contributed by atoms with E-state index in [1.165, 1.54) is 41.4 Å². The maximum Gasteiger partial charge on any atom is 0.252 e. The maximum absolute atomic E-state index is 15.0. The minimum Gasteiger partial charge on any atom is -0.351 e. The van der Waals surface area contributed by atoms with E-state index in [2.05, 4.69) is 10.3 Å². The van der Waals surface area contributed by atoms with Crippen molar-refractivity contribution in [2.24, 2.45) is 0 Å². The third-order valence-electron chi connectivity index (χ3n) is 7.63. The number of nitriles is 1. The van der Waals surface area contributed by atoms with E-state index < -0.39 is 60.4 Å². The number of rotatable bonds is 8. The topological polar surface area (TPSA) is 106 Å². The first-order valence-corrected chi connectivity index (χ1v) is 14.1. The SMILES string of the molecule is CCc1cc(F)cc(N(C(=O)[C@@H]2CCC(=O)N2c2cc(C#N)ccn2)C(C(=O)NC2CC(F)(F)C2)c2ccccc2Cl)c1. The molecule has 2 fully saturated rings. The van der Waals surface area contributed by atoms with Crippen LogP contribution in [0.5, 0.6) is 0 Å². The summed E-state index contributed by atoms with van der Waals surface area (Å²) in [6, 6.07) is 11.5. The van der Waals surface area contributed by atoms with Gasteiger partial charge in [-0.05, 0) is 54.8 Å². The molecule has 2 atom stereocenters. The summed E-state index contributed by atoms with van der Waals surface area (Å²) in [5.41, 5.74) is 0.964. The van der Waals surface area contributed by atoms with Crippen molar-refractivity contribution in [2.45, 2.75) is 63.1 Å². The van der Waals surface area contributed by atoms with Gasteiger partial charge >= 0.3 is 0 Å². The molecule has 12 heteroatoms. The molecule has 1 N–H and O–H groups in total. The molecule has 2 aromatic carbocycles. The number of pyridine rings is 1. The first kappa shape index (κ1) is 30.0. The van der Waals surface area contributed by atoms with Crippen LogP contribution in [0.1, 0.15) is 55.3 Å². The van der Waals surface area contributed by atoms with Crippen molar-refractivity contribution in [2.75, 3.05) is 9.80 Å². The van der Waals surface area contributed by atoms with Gasteiger partial charge in [0, 0.05) is 47.8 Å². The molecule has 222 valence electrons. The highest BCUT2D eigenvalue weighted by Crippen LogP contribution is 2.40. The number of halogens is 4. The Morgan fingerprint density at radius 1 is 1.21 bits per heavy atom. The van der Waals surface area contributed by atoms with Crippen molar-refractivity contribution in [3.05, 3.63) is 88.3 Å². The first-order chi connectivity index (χ1) is 20.5. The van der Waals surface area contributed by atoms with Gasteiger partial charge in [0.25, 0.3) is 11.8 Å². The van der Waals surface area contributed by atoms with Crippen molar-refractivity contribution in [1.29, 1.82) is 5.26 Å². The fraction of sp³-hybridized carbons (Fsp3) is 0.323. The van der Waals surface area contributed by atoms with Gasteiger partial charge in [0.05, 0.1) is 11.6 Å². The standard InChI is InChI=1S/C31H27ClF3N5O3/c1-2-18-11-20(33)14-22(12-18)39(30(43)25-7-8-27(41)40(25)26-13-19(17-36)9-10-37-26)28(23-5-3-4-6-24(23)32)29(42)38-21-15-31(34,35)16-21/h3-6,9-14,21,25,28H,2,7-8,15-16H2,1H3,(H,38,42)/t25-,28?/m0/s1. The van der Waals surface area contributed by atoms with Crippen LogP contribution in [0.4, 0.5) is 24.7 Å². The highest BCUT2D eigenvalue weighted by Gasteiger charge is 2.48. The number of nitrogens with one attached hydrogen (secondary N) is 1. The zero-order chi connectivity index (χ0) is 30.9. The second-order valence-electron chi connectivity index (χ2n) is 10.6. The average Bonchev–Trinajstić information content (AvgIpc) is 3.35. The Hall–Kier alpha value is -4.43. The molecule has 0 bridgehead atoms. The molecule has 5 rings (SSSR count). The Balaban J connectivity index is 1.64. The summed E-state index contributed by atoms with van der Waals surface area (Å²) in [4.78, 5) is 48.1. The van der Waals surface area contributed by atoms with Crippen LogP contribution in [0.3, 0.4) is 0 Å². The molecule has 0 spiro atoms. The van der Waals surface area contributed by atoms with E-state index in [0.717, 1.165) is 11.0 Å². The summed E-state index contributed by atoms with van der Waals surface area (Å²) >= 11 is 6.54. The molecule has 8 nitrogen and oxygen atoms in total. The highest BCUT2D eigenvalue weighted by atomic mass is 35.5. The molecule has 1 aliphatic heterocycles. The van der Waals surface area contributed by atoms with E-state index in [-0.39, 0.29) is 40.5 Å². The van der Waals surface area contributed by atoms with Gasteiger partial charge < -0.3 is 5.32 Å². The van der Waals surface area contributed by atoms with Crippen molar-refractivity contribution < 1.29 is 27.6 Å². The van der Waals surface area contributed by atoms with Crippen LogP contribution in [-0.2, 0) is 20.8 Å². The number of benzene rings is 2. The number of hydrogen-bond acceptors (Lipinski definition) is 5. The van der Waals surface area contributed by atoms with Gasteiger partial charge in [0.2, 0.25) is 11.8 Å². The lowest BCUT2D eigenvalue weighted by Gasteiger charge is -2.39. The third-order valence-corrected chi connectivity index (χ3v) is 7.97. The lowest BCUT2D eigenvalue weighted by Crippen LogP contribution is -2.56. The predicted octanol–water partition coefficient (Wildman–Crippen LogP) is 5.49. The highest BCUT2D eigenvalue weighted by molar-refractivity contribution is 6.31. The molecule has 43 heavy (non-hydrogen) atoms. The summed E-state index contributed by atoms with van der Waals surface area (Å²) < 4.78 is 42.3. The lowest BCUT2D eigenvalue weighted by atomic mass is 9.87. The fourth-order valence-corrected chi connectivity index (χ4v) is 5.74. The van der Waals surface area contributed by atoms with Gasteiger partial charge in [-0.3, -0.25) is 24.2 Å². The first-order valence-electron chi connectivity index (χ1n) is 13.7. The molecular weight excluding hydrogens is 583 g/mol. The normalized spacial score (nSPS) is 18.5. The van der Waals surface area contributed by atoms with Gasteiger partial charge in [-0.1, -0.05) is 36.7 Å². The fourth-order valence-electron chi connectivity index (χ4n) is 5.50. The molecule has 0 radical (unpaired) electrons. The number of carbonyl (C=O) groups is 3. The van der Waals surface area contributed by atoms with E-state index in [9.17, 15) is 32.8 Å². The number of alkyl halides is 2. The van der Waals surface area contributed by atoms with E-state index >= 15 is 0 Å². The summed E-state index contributed by atoms with van der Waals surface area (Å²) in [5.74, 6) is -5.45. The minimum absolute atomic E-state index is 0.0216. The number of carbonyl (C=O) groups excluding carboxylic acids is 3. The Bertz CT molecular complexity index is 1620. The van der Waals surface area contributed by atoms with Crippen molar-refractivity contribution in [1.82, 2.24) is 10.3 Å².